The van der Waals surface area contributed by atoms with Gasteiger partial charge in [0, 0.05) is 29.6 Å². The summed E-state index contributed by atoms with van der Waals surface area (Å²) in [4.78, 5) is 3.44. The van der Waals surface area contributed by atoms with Crippen molar-refractivity contribution in [2.45, 2.75) is 0 Å². The van der Waals surface area contributed by atoms with Crippen LogP contribution in [0.2, 0.25) is 0 Å². The number of hydrogen-bond acceptors (Lipinski definition) is 3. The van der Waals surface area contributed by atoms with E-state index in [0.717, 1.165) is 0 Å². The average Bonchev–Trinajstić information content (AvgIpc) is 1.76. The molecule has 1 rings (SSSR count). The molecule has 0 atom stereocenters. The van der Waals surface area contributed by atoms with Gasteiger partial charge in [0.15, 0.2) is 6.33 Å². The Balaban J connectivity index is 0.000000250. The number of nitrogens with zero attached hydrogens (tertiary/aromatic N) is 2. The molecule has 0 saturated carbocycles. The van der Waals surface area contributed by atoms with Crippen molar-refractivity contribution < 1.29 is 4.52 Å². The molecule has 1 radical (unpaired) electrons. The second-order valence-electron chi connectivity index (χ2n) is 0.581. The fraction of sp³-hybridized carbons (Fsp3) is 0. The molecule has 0 fully saturated rings. The molecule has 6 heavy (non-hydrogen) atoms. The monoisotopic (exact) mass is 93.0 g/mol. The fourth-order valence-electron chi connectivity index (χ4n) is 0.136. The van der Waals surface area contributed by atoms with Crippen molar-refractivity contribution in [1.29, 1.82) is 0 Å². The zero-order valence-electron chi connectivity index (χ0n) is 3.46. The van der Waals surface area contributed by atoms with Gasteiger partial charge in [0.05, 0.1) is 0 Å². The molecule has 0 amide bonds. The summed E-state index contributed by atoms with van der Waals surface area (Å²) in [5, 5.41) is 3.24. The Labute approximate surface area is 57.0 Å². The summed E-state index contributed by atoms with van der Waals surface area (Å²) in [5.41, 5.74) is 0. The third kappa shape index (κ3) is 1.55. The maximum atomic E-state index is 4.22. The molecule has 1 aromatic rings. The van der Waals surface area contributed by atoms with Crippen molar-refractivity contribution >= 4 is 29.6 Å². The van der Waals surface area contributed by atoms with Crippen LogP contribution in [0.4, 0.5) is 0 Å². The van der Waals surface area contributed by atoms with Crippen molar-refractivity contribution in [3.8, 4) is 0 Å². The molecule has 3 nitrogen and oxygen atoms in total. The van der Waals surface area contributed by atoms with Crippen molar-refractivity contribution in [2.75, 3.05) is 0 Å². The van der Waals surface area contributed by atoms with Gasteiger partial charge in [0.2, 0.25) is 6.39 Å². The van der Waals surface area contributed by atoms with E-state index in [1.807, 2.05) is 0 Å². The molecule has 0 bridgehead atoms. The normalized spacial score (nSPS) is 6.67. The molecule has 0 saturated heterocycles. The summed E-state index contributed by atoms with van der Waals surface area (Å²) in [7, 11) is 0. The van der Waals surface area contributed by atoms with Crippen LogP contribution in [0.5, 0.6) is 0 Å². The van der Waals surface area contributed by atoms with Crippen LogP contribution in [0.1, 0.15) is 0 Å². The zero-order chi connectivity index (χ0) is 3.54. The van der Waals surface area contributed by atoms with E-state index in [0.29, 0.717) is 0 Å². The molecule has 1 aromatic heterocycles. The molecule has 0 unspecified atom stereocenters. The number of aromatic nitrogens is 2. The van der Waals surface area contributed by atoms with E-state index in [9.17, 15) is 0 Å². The molecule has 0 N–H and O–H groups in total. The largest absolute Gasteiger partial charge is 0.343 e. The van der Waals surface area contributed by atoms with Crippen LogP contribution < -0.4 is 0 Å². The van der Waals surface area contributed by atoms with Crippen molar-refractivity contribution in [1.82, 2.24) is 10.1 Å². The van der Waals surface area contributed by atoms with Gasteiger partial charge >= 0.3 is 0 Å². The molecule has 0 aliphatic carbocycles. The van der Waals surface area contributed by atoms with Gasteiger partial charge in [0.25, 0.3) is 0 Å². The van der Waals surface area contributed by atoms with Gasteiger partial charge in [-0.3, -0.25) is 0 Å². The quantitative estimate of drug-likeness (QED) is 0.413. The van der Waals surface area contributed by atoms with Gasteiger partial charge in [-0.2, -0.15) is 0 Å². The Morgan fingerprint density at radius 2 is 2.33 bits per heavy atom. The second-order valence-corrected chi connectivity index (χ2v) is 0.581. The SMILES string of the molecule is [Na].c1ncon1. The summed E-state index contributed by atoms with van der Waals surface area (Å²) >= 11 is 0. The van der Waals surface area contributed by atoms with Crippen LogP contribution in [-0.2, 0) is 0 Å². The minimum Gasteiger partial charge on any atom is -0.343 e. The van der Waals surface area contributed by atoms with Gasteiger partial charge in [-0.25, -0.2) is 4.98 Å². The number of rotatable bonds is 0. The van der Waals surface area contributed by atoms with E-state index in [2.05, 4.69) is 14.7 Å². The van der Waals surface area contributed by atoms with Crippen LogP contribution in [0, 0.1) is 0 Å². The van der Waals surface area contributed by atoms with Gasteiger partial charge in [0.1, 0.15) is 0 Å². The maximum Gasteiger partial charge on any atom is 0.213 e. The topological polar surface area (TPSA) is 38.9 Å². The molecule has 0 aliphatic rings. The molecule has 1 heterocycles. The van der Waals surface area contributed by atoms with Crippen molar-refractivity contribution in [3.63, 3.8) is 0 Å². The molecular formula is C2H2N2NaO. The molecule has 0 aromatic carbocycles. The molecule has 0 aliphatic heterocycles. The van der Waals surface area contributed by atoms with Gasteiger partial charge in [-0.15, -0.1) is 0 Å². The minimum absolute atomic E-state index is 0. The van der Waals surface area contributed by atoms with Crippen LogP contribution in [0.3, 0.4) is 0 Å². The molecule has 4 heteroatoms. The van der Waals surface area contributed by atoms with Crippen LogP contribution in [0.15, 0.2) is 17.2 Å². The van der Waals surface area contributed by atoms with Gasteiger partial charge in [-0.1, -0.05) is 5.16 Å². The third-order valence-electron chi connectivity index (χ3n) is 0.283. The van der Waals surface area contributed by atoms with Crippen LogP contribution in [0.25, 0.3) is 0 Å². The van der Waals surface area contributed by atoms with Gasteiger partial charge in [-0.05, 0) is 0 Å². The Morgan fingerprint density at radius 3 is 2.50 bits per heavy atom. The van der Waals surface area contributed by atoms with Crippen LogP contribution in [-0.4, -0.2) is 39.7 Å². The molecule has 0 spiro atoms. The summed E-state index contributed by atoms with van der Waals surface area (Å²) in [5.74, 6) is 0. The van der Waals surface area contributed by atoms with E-state index in [1.54, 1.807) is 0 Å². The maximum absolute atomic E-state index is 4.22. The first-order chi connectivity index (χ1) is 2.50. The summed E-state index contributed by atoms with van der Waals surface area (Å²) in [6, 6.07) is 0. The zero-order valence-corrected chi connectivity index (χ0v) is 5.46. The standard InChI is InChI=1S/C2H2N2O.Na/c1-3-2-5-4-1;/h1-2H;. The van der Waals surface area contributed by atoms with Crippen molar-refractivity contribution in [2.24, 2.45) is 0 Å². The summed E-state index contributed by atoms with van der Waals surface area (Å²) in [6.45, 7) is 0. The smallest absolute Gasteiger partial charge is 0.213 e. The Kier molecular flexibility index (Phi) is 3.41. The first-order valence-electron chi connectivity index (χ1n) is 1.19. The third-order valence-corrected chi connectivity index (χ3v) is 0.283. The fourth-order valence-corrected chi connectivity index (χ4v) is 0.136. The molecule has 27 valence electrons. The molecular weight excluding hydrogens is 91.0 g/mol. The average molecular weight is 93.0 g/mol. The first-order valence-corrected chi connectivity index (χ1v) is 1.19. The number of hydrogen-bond donors (Lipinski definition) is 0. The Morgan fingerprint density at radius 1 is 1.50 bits per heavy atom. The predicted molar refractivity (Wildman–Crippen MR) is 20.1 cm³/mol. The predicted octanol–water partition coefficient (Wildman–Crippen LogP) is -0.311. The van der Waals surface area contributed by atoms with E-state index >= 15 is 0 Å². The van der Waals surface area contributed by atoms with E-state index in [-0.39, 0.29) is 29.6 Å². The first kappa shape index (κ1) is 6.14. The van der Waals surface area contributed by atoms with E-state index in [4.69, 9.17) is 0 Å². The van der Waals surface area contributed by atoms with Crippen molar-refractivity contribution in [3.05, 3.63) is 12.7 Å². The Bertz CT molecular complexity index is 68.0. The summed E-state index contributed by atoms with van der Waals surface area (Å²) < 4.78 is 4.22. The van der Waals surface area contributed by atoms with Gasteiger partial charge < -0.3 is 4.52 Å². The summed E-state index contributed by atoms with van der Waals surface area (Å²) in [6.07, 6.45) is 2.60. The van der Waals surface area contributed by atoms with Crippen LogP contribution >= 0.6 is 0 Å². The van der Waals surface area contributed by atoms with E-state index in [1.165, 1.54) is 12.7 Å². The second kappa shape index (κ2) is 3.33. The Hall–Kier alpha value is 0.140. The minimum atomic E-state index is 0. The van der Waals surface area contributed by atoms with E-state index < -0.39 is 0 Å².